The van der Waals surface area contributed by atoms with Gasteiger partial charge >= 0.3 is 5.97 Å². The van der Waals surface area contributed by atoms with E-state index < -0.39 is 12.0 Å². The zero-order chi connectivity index (χ0) is 14.7. The number of carbonyl (C=O) groups is 2. The fourth-order valence-corrected chi connectivity index (χ4v) is 1.89. The van der Waals surface area contributed by atoms with Gasteiger partial charge in [0.2, 0.25) is 0 Å². The standard InChI is InChI=1S/C15H16N2O3.ClH/c1-9(18)10-2-3-12-7-13(5-4-11(12)6-10)17-8-14(16)15(19)20;/h2-7,14,17H,8,16H2,1H3,(H,19,20);1H/t14-;/m0./s1. The van der Waals surface area contributed by atoms with Crippen LogP contribution in [0.25, 0.3) is 10.8 Å². The first-order chi connectivity index (χ1) is 9.47. The van der Waals surface area contributed by atoms with E-state index in [1.807, 2.05) is 30.3 Å². The molecule has 2 rings (SSSR count). The summed E-state index contributed by atoms with van der Waals surface area (Å²) in [6.45, 7) is 1.69. The average molecular weight is 309 g/mol. The van der Waals surface area contributed by atoms with Crippen molar-refractivity contribution < 1.29 is 14.7 Å². The Kier molecular flexibility index (Phi) is 5.69. The van der Waals surface area contributed by atoms with Crippen LogP contribution in [-0.2, 0) is 4.79 Å². The van der Waals surface area contributed by atoms with Gasteiger partial charge in [0.25, 0.3) is 0 Å². The summed E-state index contributed by atoms with van der Waals surface area (Å²) in [6, 6.07) is 10.2. The van der Waals surface area contributed by atoms with E-state index in [0.717, 1.165) is 16.5 Å². The SMILES string of the molecule is CC(=O)c1ccc2cc(NC[C@H](N)C(=O)O)ccc2c1.Cl. The fraction of sp³-hybridized carbons (Fsp3) is 0.200. The summed E-state index contributed by atoms with van der Waals surface area (Å²) in [5.74, 6) is -1.01. The molecular weight excluding hydrogens is 292 g/mol. The van der Waals surface area contributed by atoms with Crippen LogP contribution in [-0.4, -0.2) is 29.4 Å². The Morgan fingerprint density at radius 1 is 1.19 bits per heavy atom. The molecule has 0 saturated heterocycles. The van der Waals surface area contributed by atoms with Crippen LogP contribution in [0, 0.1) is 0 Å². The van der Waals surface area contributed by atoms with Gasteiger partial charge in [-0.2, -0.15) is 0 Å². The first kappa shape index (κ1) is 16.9. The number of Topliss-reactive ketones (excluding diaryl/α,β-unsaturated/α-hetero) is 1. The summed E-state index contributed by atoms with van der Waals surface area (Å²) < 4.78 is 0. The molecule has 2 aromatic rings. The van der Waals surface area contributed by atoms with Crippen molar-refractivity contribution in [3.63, 3.8) is 0 Å². The van der Waals surface area contributed by atoms with Gasteiger partial charge in [-0.05, 0) is 35.9 Å². The summed E-state index contributed by atoms with van der Waals surface area (Å²) in [5, 5.41) is 13.6. The number of aliphatic carboxylic acids is 1. The van der Waals surface area contributed by atoms with E-state index in [2.05, 4.69) is 5.32 Å². The van der Waals surface area contributed by atoms with Gasteiger partial charge in [0.15, 0.2) is 5.78 Å². The van der Waals surface area contributed by atoms with E-state index in [1.54, 1.807) is 6.07 Å². The predicted octanol–water partition coefficient (Wildman–Crippen LogP) is 2.29. The normalized spacial score (nSPS) is 11.5. The number of carboxylic acid groups (broad SMARTS) is 1. The minimum absolute atomic E-state index is 0. The van der Waals surface area contributed by atoms with Crippen molar-refractivity contribution in [1.82, 2.24) is 0 Å². The van der Waals surface area contributed by atoms with Crippen LogP contribution in [0.15, 0.2) is 36.4 Å². The van der Waals surface area contributed by atoms with Crippen LogP contribution in [0.2, 0.25) is 0 Å². The molecule has 1 atom stereocenters. The molecule has 5 nitrogen and oxygen atoms in total. The zero-order valence-corrected chi connectivity index (χ0v) is 12.3. The highest BCUT2D eigenvalue weighted by molar-refractivity contribution is 5.99. The number of carbonyl (C=O) groups excluding carboxylic acids is 1. The zero-order valence-electron chi connectivity index (χ0n) is 11.5. The van der Waals surface area contributed by atoms with E-state index in [1.165, 1.54) is 6.92 Å². The van der Waals surface area contributed by atoms with Crippen LogP contribution >= 0.6 is 12.4 Å². The maximum atomic E-state index is 11.3. The third-order valence-electron chi connectivity index (χ3n) is 3.09. The van der Waals surface area contributed by atoms with Crippen LogP contribution in [0.1, 0.15) is 17.3 Å². The molecule has 0 aliphatic carbocycles. The molecule has 0 fully saturated rings. The van der Waals surface area contributed by atoms with Crippen molar-refractivity contribution in [2.24, 2.45) is 5.73 Å². The van der Waals surface area contributed by atoms with Crippen LogP contribution < -0.4 is 11.1 Å². The molecule has 0 spiro atoms. The van der Waals surface area contributed by atoms with Crippen molar-refractivity contribution in [3.8, 4) is 0 Å². The van der Waals surface area contributed by atoms with Crippen molar-refractivity contribution >= 4 is 40.6 Å². The number of hydrogen-bond acceptors (Lipinski definition) is 4. The molecule has 0 unspecified atom stereocenters. The predicted molar refractivity (Wildman–Crippen MR) is 85.3 cm³/mol. The molecule has 0 amide bonds. The summed E-state index contributed by atoms with van der Waals surface area (Å²) in [5.41, 5.74) is 6.90. The third kappa shape index (κ3) is 4.18. The van der Waals surface area contributed by atoms with Gasteiger partial charge in [0, 0.05) is 17.8 Å². The molecule has 0 aliphatic rings. The molecule has 0 heterocycles. The van der Waals surface area contributed by atoms with Gasteiger partial charge in [-0.15, -0.1) is 12.4 Å². The fourth-order valence-electron chi connectivity index (χ4n) is 1.89. The minimum Gasteiger partial charge on any atom is -0.480 e. The lowest BCUT2D eigenvalue weighted by molar-refractivity contribution is -0.138. The van der Waals surface area contributed by atoms with E-state index in [-0.39, 0.29) is 24.7 Å². The number of nitrogens with two attached hydrogens (primary N) is 1. The van der Waals surface area contributed by atoms with E-state index in [4.69, 9.17) is 10.8 Å². The Bertz CT molecular complexity index is 673. The number of anilines is 1. The van der Waals surface area contributed by atoms with E-state index >= 15 is 0 Å². The van der Waals surface area contributed by atoms with Gasteiger partial charge in [-0.1, -0.05) is 18.2 Å². The second-order valence-corrected chi connectivity index (χ2v) is 4.66. The first-order valence-corrected chi connectivity index (χ1v) is 6.24. The lowest BCUT2D eigenvalue weighted by Crippen LogP contribution is -2.36. The molecular formula is C15H17ClN2O3. The lowest BCUT2D eigenvalue weighted by atomic mass is 10.0. The molecule has 0 radical (unpaired) electrons. The number of rotatable bonds is 5. The molecule has 0 aromatic heterocycles. The molecule has 0 bridgehead atoms. The number of benzene rings is 2. The van der Waals surface area contributed by atoms with Crippen molar-refractivity contribution in [2.45, 2.75) is 13.0 Å². The quantitative estimate of drug-likeness (QED) is 0.737. The van der Waals surface area contributed by atoms with E-state index in [9.17, 15) is 9.59 Å². The molecule has 2 aromatic carbocycles. The third-order valence-corrected chi connectivity index (χ3v) is 3.09. The topological polar surface area (TPSA) is 92.4 Å². The van der Waals surface area contributed by atoms with Gasteiger partial charge in [-0.25, -0.2) is 0 Å². The molecule has 0 aliphatic heterocycles. The smallest absolute Gasteiger partial charge is 0.322 e. The molecule has 112 valence electrons. The second kappa shape index (κ2) is 7.06. The molecule has 21 heavy (non-hydrogen) atoms. The van der Waals surface area contributed by atoms with Gasteiger partial charge in [0.1, 0.15) is 6.04 Å². The van der Waals surface area contributed by atoms with E-state index in [0.29, 0.717) is 5.56 Å². The van der Waals surface area contributed by atoms with Gasteiger partial charge in [-0.3, -0.25) is 9.59 Å². The Morgan fingerprint density at radius 2 is 1.81 bits per heavy atom. The molecule has 6 heteroatoms. The largest absolute Gasteiger partial charge is 0.480 e. The first-order valence-electron chi connectivity index (χ1n) is 6.24. The van der Waals surface area contributed by atoms with Crippen molar-refractivity contribution in [3.05, 3.63) is 42.0 Å². The molecule has 0 saturated carbocycles. The monoisotopic (exact) mass is 308 g/mol. The number of halogens is 1. The summed E-state index contributed by atoms with van der Waals surface area (Å²) in [4.78, 5) is 22.0. The number of hydrogen-bond donors (Lipinski definition) is 3. The summed E-state index contributed by atoms with van der Waals surface area (Å²) in [7, 11) is 0. The number of fused-ring (bicyclic) bond motifs is 1. The Hall–Kier alpha value is -2.11. The van der Waals surface area contributed by atoms with Gasteiger partial charge in [0.05, 0.1) is 0 Å². The average Bonchev–Trinajstić information content (AvgIpc) is 2.43. The van der Waals surface area contributed by atoms with Crippen LogP contribution in [0.3, 0.4) is 0 Å². The lowest BCUT2D eigenvalue weighted by Gasteiger charge is -2.10. The Labute approximate surface area is 128 Å². The highest BCUT2D eigenvalue weighted by atomic mass is 35.5. The summed E-state index contributed by atoms with van der Waals surface area (Å²) >= 11 is 0. The number of nitrogens with one attached hydrogen (secondary N) is 1. The number of carboxylic acids is 1. The number of ketones is 1. The maximum absolute atomic E-state index is 11.3. The summed E-state index contributed by atoms with van der Waals surface area (Å²) in [6.07, 6.45) is 0. The Morgan fingerprint density at radius 3 is 2.43 bits per heavy atom. The van der Waals surface area contributed by atoms with Gasteiger partial charge < -0.3 is 16.2 Å². The highest BCUT2D eigenvalue weighted by Gasteiger charge is 2.10. The minimum atomic E-state index is -1.04. The Balaban J connectivity index is 0.00000220. The van der Waals surface area contributed by atoms with Crippen molar-refractivity contribution in [1.29, 1.82) is 0 Å². The maximum Gasteiger partial charge on any atom is 0.322 e. The highest BCUT2D eigenvalue weighted by Crippen LogP contribution is 2.20. The van der Waals surface area contributed by atoms with Crippen molar-refractivity contribution in [2.75, 3.05) is 11.9 Å². The second-order valence-electron chi connectivity index (χ2n) is 4.66. The molecule has 4 N–H and O–H groups in total. The van der Waals surface area contributed by atoms with Crippen LogP contribution in [0.5, 0.6) is 0 Å². The van der Waals surface area contributed by atoms with Crippen LogP contribution in [0.4, 0.5) is 5.69 Å².